The Bertz CT molecular complexity index is 434. The normalized spacial score (nSPS) is 16.6. The summed E-state index contributed by atoms with van der Waals surface area (Å²) in [6.45, 7) is 1.66. The molecule has 2 rings (SSSR count). The van der Waals surface area contributed by atoms with E-state index in [-0.39, 0.29) is 18.6 Å². The third-order valence-corrected chi connectivity index (χ3v) is 3.50. The molecular weight excluding hydrogens is 268 g/mol. The largest absolute Gasteiger partial charge is 0.394 e. The number of aromatic nitrogens is 1. The molecule has 0 aliphatic carbocycles. The Labute approximate surface area is 117 Å². The number of pyridine rings is 1. The highest BCUT2D eigenvalue weighted by atomic mass is 35.5. The van der Waals surface area contributed by atoms with E-state index in [4.69, 9.17) is 21.4 Å². The lowest BCUT2D eigenvalue weighted by atomic mass is 10.1. The van der Waals surface area contributed by atoms with Crippen LogP contribution in [-0.2, 0) is 4.74 Å². The Morgan fingerprint density at radius 1 is 1.53 bits per heavy atom. The minimum Gasteiger partial charge on any atom is -0.394 e. The highest BCUT2D eigenvalue weighted by Gasteiger charge is 2.25. The summed E-state index contributed by atoms with van der Waals surface area (Å²) in [5.74, 6) is -0.0845. The summed E-state index contributed by atoms with van der Waals surface area (Å²) in [5.41, 5.74) is 0.443. The van der Waals surface area contributed by atoms with Crippen molar-refractivity contribution < 1.29 is 14.6 Å². The number of amides is 1. The second-order valence-corrected chi connectivity index (χ2v) is 4.85. The Hall–Kier alpha value is -1.17. The fraction of sp³-hybridized carbons (Fsp3) is 0.538. The van der Waals surface area contributed by atoms with Crippen LogP contribution >= 0.6 is 11.6 Å². The van der Waals surface area contributed by atoms with E-state index in [9.17, 15) is 4.79 Å². The molecule has 0 radical (unpaired) electrons. The average Bonchev–Trinajstić information content (AvgIpc) is 2.45. The summed E-state index contributed by atoms with van der Waals surface area (Å²) in [5, 5.41) is 9.13. The Morgan fingerprint density at radius 3 is 2.89 bits per heavy atom. The lowest BCUT2D eigenvalue weighted by molar-refractivity contribution is -0.00554. The molecule has 19 heavy (non-hydrogen) atoms. The first kappa shape index (κ1) is 14.2. The first-order chi connectivity index (χ1) is 9.22. The number of nitrogens with zero attached hydrogens (tertiary/aromatic N) is 2. The molecule has 0 saturated carbocycles. The molecule has 1 fully saturated rings. The summed E-state index contributed by atoms with van der Waals surface area (Å²) in [6, 6.07) is 1.62. The fourth-order valence-corrected chi connectivity index (χ4v) is 2.34. The molecule has 2 heterocycles. The Balaban J connectivity index is 1.91. The van der Waals surface area contributed by atoms with Crippen LogP contribution in [0.1, 0.15) is 23.2 Å². The van der Waals surface area contributed by atoms with Gasteiger partial charge in [0, 0.05) is 25.5 Å². The van der Waals surface area contributed by atoms with Crippen molar-refractivity contribution in [1.82, 2.24) is 9.88 Å². The maximum absolute atomic E-state index is 12.3. The third-order valence-electron chi connectivity index (χ3n) is 3.17. The van der Waals surface area contributed by atoms with Gasteiger partial charge in [-0.3, -0.25) is 9.78 Å². The molecule has 1 N–H and O–H groups in total. The number of likely N-dealkylation sites (tertiary alicyclic amines) is 1. The van der Waals surface area contributed by atoms with Gasteiger partial charge in [-0.15, -0.1) is 0 Å². The van der Waals surface area contributed by atoms with Gasteiger partial charge < -0.3 is 14.7 Å². The van der Waals surface area contributed by atoms with Gasteiger partial charge >= 0.3 is 0 Å². The van der Waals surface area contributed by atoms with Crippen LogP contribution in [0.25, 0.3) is 0 Å². The zero-order valence-electron chi connectivity index (χ0n) is 10.6. The van der Waals surface area contributed by atoms with E-state index in [1.165, 1.54) is 6.20 Å². The molecule has 1 aromatic rings. The van der Waals surface area contributed by atoms with E-state index in [1.54, 1.807) is 17.2 Å². The van der Waals surface area contributed by atoms with Crippen molar-refractivity contribution in [3.8, 4) is 0 Å². The van der Waals surface area contributed by atoms with Crippen LogP contribution in [0.2, 0.25) is 5.02 Å². The van der Waals surface area contributed by atoms with Crippen LogP contribution < -0.4 is 0 Å². The molecule has 6 heteroatoms. The minimum atomic E-state index is -0.0845. The zero-order valence-corrected chi connectivity index (χ0v) is 11.3. The van der Waals surface area contributed by atoms with Gasteiger partial charge in [0.2, 0.25) is 0 Å². The number of carbonyl (C=O) groups excluding carboxylic acids is 1. The maximum Gasteiger partial charge on any atom is 0.256 e. The van der Waals surface area contributed by atoms with E-state index in [0.717, 1.165) is 12.8 Å². The van der Waals surface area contributed by atoms with Crippen LogP contribution in [0.3, 0.4) is 0 Å². The van der Waals surface area contributed by atoms with E-state index in [2.05, 4.69) is 4.98 Å². The first-order valence-electron chi connectivity index (χ1n) is 6.33. The number of halogens is 1. The van der Waals surface area contributed by atoms with Crippen molar-refractivity contribution in [1.29, 1.82) is 0 Å². The maximum atomic E-state index is 12.3. The van der Waals surface area contributed by atoms with Crippen LogP contribution in [0.5, 0.6) is 0 Å². The average molecular weight is 285 g/mol. The van der Waals surface area contributed by atoms with Crippen molar-refractivity contribution >= 4 is 17.5 Å². The van der Waals surface area contributed by atoms with Gasteiger partial charge in [-0.2, -0.15) is 0 Å². The van der Waals surface area contributed by atoms with Crippen LogP contribution in [0.15, 0.2) is 18.5 Å². The molecule has 0 aromatic carbocycles. The van der Waals surface area contributed by atoms with Crippen LogP contribution in [-0.4, -0.2) is 53.3 Å². The van der Waals surface area contributed by atoms with Gasteiger partial charge in [0.15, 0.2) is 0 Å². The van der Waals surface area contributed by atoms with E-state index < -0.39 is 0 Å². The molecule has 104 valence electrons. The molecule has 1 saturated heterocycles. The van der Waals surface area contributed by atoms with Crippen LogP contribution in [0.4, 0.5) is 0 Å². The smallest absolute Gasteiger partial charge is 0.256 e. The molecule has 5 nitrogen and oxygen atoms in total. The number of aliphatic hydroxyl groups is 1. The van der Waals surface area contributed by atoms with Crippen molar-refractivity contribution in [2.75, 3.05) is 26.3 Å². The number of hydrogen-bond acceptors (Lipinski definition) is 4. The Kier molecular flexibility index (Phi) is 5.13. The van der Waals surface area contributed by atoms with E-state index in [0.29, 0.717) is 30.3 Å². The molecular formula is C13H17ClN2O3. The van der Waals surface area contributed by atoms with Crippen LogP contribution in [0, 0.1) is 0 Å². The summed E-state index contributed by atoms with van der Waals surface area (Å²) < 4.78 is 5.46. The molecule has 0 atom stereocenters. The zero-order chi connectivity index (χ0) is 13.7. The molecule has 0 spiro atoms. The number of rotatable bonds is 4. The quantitative estimate of drug-likeness (QED) is 0.906. The second-order valence-electron chi connectivity index (χ2n) is 4.44. The van der Waals surface area contributed by atoms with Gasteiger partial charge in [0.05, 0.1) is 29.9 Å². The van der Waals surface area contributed by atoms with Gasteiger partial charge in [-0.25, -0.2) is 0 Å². The van der Waals surface area contributed by atoms with Crippen molar-refractivity contribution in [2.45, 2.75) is 18.9 Å². The predicted molar refractivity (Wildman–Crippen MR) is 71.2 cm³/mol. The highest BCUT2D eigenvalue weighted by molar-refractivity contribution is 6.33. The van der Waals surface area contributed by atoms with E-state index in [1.807, 2.05) is 0 Å². The van der Waals surface area contributed by atoms with Crippen molar-refractivity contribution in [3.63, 3.8) is 0 Å². The SMILES string of the molecule is O=C(c1cnccc1Cl)N1CCC(OCCO)CC1. The van der Waals surface area contributed by atoms with Gasteiger partial charge in [0.25, 0.3) is 5.91 Å². The minimum absolute atomic E-state index is 0.0322. The van der Waals surface area contributed by atoms with E-state index >= 15 is 0 Å². The summed E-state index contributed by atoms with van der Waals surface area (Å²) in [4.78, 5) is 18.0. The lowest BCUT2D eigenvalue weighted by Gasteiger charge is -2.32. The molecule has 1 aromatic heterocycles. The van der Waals surface area contributed by atoms with Gasteiger partial charge in [-0.1, -0.05) is 11.6 Å². The third kappa shape index (κ3) is 3.65. The molecule has 1 aliphatic rings. The number of aliphatic hydroxyl groups excluding tert-OH is 1. The summed E-state index contributed by atoms with van der Waals surface area (Å²) >= 11 is 6.00. The predicted octanol–water partition coefficient (Wildman–Crippen LogP) is 1.35. The number of carbonyl (C=O) groups is 1. The number of hydrogen-bond donors (Lipinski definition) is 1. The lowest BCUT2D eigenvalue weighted by Crippen LogP contribution is -2.41. The summed E-state index contributed by atoms with van der Waals surface area (Å²) in [7, 11) is 0. The second kappa shape index (κ2) is 6.84. The molecule has 0 unspecified atom stereocenters. The van der Waals surface area contributed by atoms with Crippen molar-refractivity contribution in [3.05, 3.63) is 29.0 Å². The molecule has 0 bridgehead atoms. The Morgan fingerprint density at radius 2 is 2.26 bits per heavy atom. The standard InChI is InChI=1S/C13H17ClN2O3/c14-12-1-4-15-9-11(12)13(18)16-5-2-10(3-6-16)19-8-7-17/h1,4,9-10,17H,2-3,5-8H2. The highest BCUT2D eigenvalue weighted by Crippen LogP contribution is 2.20. The summed E-state index contributed by atoms with van der Waals surface area (Å²) in [6.07, 6.45) is 4.75. The fourth-order valence-electron chi connectivity index (χ4n) is 2.15. The van der Waals surface area contributed by atoms with Gasteiger partial charge in [0.1, 0.15) is 0 Å². The topological polar surface area (TPSA) is 62.7 Å². The number of piperidine rings is 1. The number of ether oxygens (including phenoxy) is 1. The van der Waals surface area contributed by atoms with Crippen molar-refractivity contribution in [2.24, 2.45) is 0 Å². The van der Waals surface area contributed by atoms with Gasteiger partial charge in [-0.05, 0) is 18.9 Å². The first-order valence-corrected chi connectivity index (χ1v) is 6.71. The molecule has 1 amide bonds. The molecule has 1 aliphatic heterocycles. The monoisotopic (exact) mass is 284 g/mol.